The summed E-state index contributed by atoms with van der Waals surface area (Å²) in [5.74, 6) is -0.926. The Hall–Kier alpha value is -1.08. The van der Waals surface area contributed by atoms with Gasteiger partial charge in [0.25, 0.3) is 0 Å². The number of hydrogen-bond acceptors (Lipinski definition) is 2. The number of nitrogens with one attached hydrogen (secondary N) is 2. The molecule has 1 rings (SSSR count). The van der Waals surface area contributed by atoms with Gasteiger partial charge >= 0.3 is 12.0 Å². The number of anilines is 1. The van der Waals surface area contributed by atoms with Crippen molar-refractivity contribution in [2.75, 3.05) is 11.9 Å². The van der Waals surface area contributed by atoms with Crippen LogP contribution in [0.15, 0.2) is 27.1 Å². The highest BCUT2D eigenvalue weighted by Gasteiger charge is 2.31. The minimum atomic E-state index is -0.964. The second kappa shape index (κ2) is 7.08. The Balaban J connectivity index is 2.62. The Kier molecular flexibility index (Phi) is 6.01. The van der Waals surface area contributed by atoms with Crippen molar-refractivity contribution in [1.29, 1.82) is 0 Å². The van der Waals surface area contributed by atoms with Gasteiger partial charge in [0.1, 0.15) is 0 Å². The van der Waals surface area contributed by atoms with E-state index in [1.165, 1.54) is 0 Å². The zero-order valence-corrected chi connectivity index (χ0v) is 14.3. The van der Waals surface area contributed by atoms with Crippen molar-refractivity contribution in [1.82, 2.24) is 5.32 Å². The smallest absolute Gasteiger partial charge is 0.319 e. The lowest BCUT2D eigenvalue weighted by molar-refractivity contribution is -0.147. The monoisotopic (exact) mass is 406 g/mol. The van der Waals surface area contributed by atoms with Crippen molar-refractivity contribution < 1.29 is 14.7 Å². The number of carbonyl (C=O) groups excluding carboxylic acids is 1. The van der Waals surface area contributed by atoms with Crippen LogP contribution in [0.25, 0.3) is 0 Å². The molecule has 0 radical (unpaired) electrons. The molecule has 0 aliphatic rings. The van der Waals surface area contributed by atoms with Gasteiger partial charge in [0.2, 0.25) is 0 Å². The fourth-order valence-electron chi connectivity index (χ4n) is 1.38. The molecule has 0 fully saturated rings. The van der Waals surface area contributed by atoms with Crippen LogP contribution in [0.2, 0.25) is 0 Å². The van der Waals surface area contributed by atoms with E-state index < -0.39 is 17.4 Å². The molecule has 1 aromatic rings. The Labute approximate surface area is 134 Å². The van der Waals surface area contributed by atoms with Gasteiger partial charge in [-0.3, -0.25) is 4.79 Å². The molecule has 0 saturated carbocycles. The maximum Gasteiger partial charge on any atom is 0.319 e. The van der Waals surface area contributed by atoms with Crippen LogP contribution in [0.1, 0.15) is 20.3 Å². The molecule has 0 heterocycles. The number of rotatable bonds is 5. The first-order valence-corrected chi connectivity index (χ1v) is 7.60. The predicted octanol–water partition coefficient (Wildman–Crippen LogP) is 3.83. The zero-order chi connectivity index (χ0) is 15.3. The van der Waals surface area contributed by atoms with E-state index in [4.69, 9.17) is 5.11 Å². The largest absolute Gasteiger partial charge is 0.481 e. The van der Waals surface area contributed by atoms with E-state index in [1.807, 2.05) is 6.07 Å². The van der Waals surface area contributed by atoms with Crippen LogP contribution < -0.4 is 10.6 Å². The number of urea groups is 1. The van der Waals surface area contributed by atoms with Crippen LogP contribution in [0.5, 0.6) is 0 Å². The number of hydrogen-bond donors (Lipinski definition) is 3. The summed E-state index contributed by atoms with van der Waals surface area (Å²) in [4.78, 5) is 22.9. The van der Waals surface area contributed by atoms with E-state index in [0.29, 0.717) is 12.1 Å². The molecule has 0 bridgehead atoms. The van der Waals surface area contributed by atoms with Gasteiger partial charge in [-0.25, -0.2) is 4.79 Å². The molecule has 3 N–H and O–H groups in total. The third-order valence-corrected chi connectivity index (χ3v) is 4.26. The molecule has 5 nitrogen and oxygen atoms in total. The average molecular weight is 408 g/mol. The first-order chi connectivity index (χ1) is 9.28. The van der Waals surface area contributed by atoms with Crippen molar-refractivity contribution in [3.63, 3.8) is 0 Å². The van der Waals surface area contributed by atoms with Crippen molar-refractivity contribution in [2.45, 2.75) is 20.3 Å². The fraction of sp³-hybridized carbons (Fsp3) is 0.385. The molecule has 0 aromatic heterocycles. The molecule has 0 spiro atoms. The van der Waals surface area contributed by atoms with Crippen molar-refractivity contribution in [3.8, 4) is 0 Å². The normalized spacial score (nSPS) is 13.4. The van der Waals surface area contributed by atoms with Crippen LogP contribution in [-0.4, -0.2) is 23.7 Å². The topological polar surface area (TPSA) is 78.4 Å². The Morgan fingerprint density at radius 2 is 2.00 bits per heavy atom. The Morgan fingerprint density at radius 3 is 2.50 bits per heavy atom. The minimum Gasteiger partial charge on any atom is -0.481 e. The minimum absolute atomic E-state index is 0.0683. The van der Waals surface area contributed by atoms with Gasteiger partial charge in [-0.05, 0) is 47.5 Å². The molecular formula is C13H16Br2N2O3. The number of aliphatic carboxylic acids is 1. The predicted molar refractivity (Wildman–Crippen MR) is 84.9 cm³/mol. The van der Waals surface area contributed by atoms with Crippen LogP contribution in [0.4, 0.5) is 10.5 Å². The van der Waals surface area contributed by atoms with E-state index in [2.05, 4.69) is 42.5 Å². The molecule has 20 heavy (non-hydrogen) atoms. The second-order valence-electron chi connectivity index (χ2n) is 4.65. The zero-order valence-electron chi connectivity index (χ0n) is 11.2. The Morgan fingerprint density at radius 1 is 1.35 bits per heavy atom. The molecule has 110 valence electrons. The summed E-state index contributed by atoms with van der Waals surface area (Å²) in [7, 11) is 0. The quantitative estimate of drug-likeness (QED) is 0.693. The fourth-order valence-corrected chi connectivity index (χ4v) is 2.53. The third-order valence-electron chi connectivity index (χ3n) is 3.12. The first-order valence-electron chi connectivity index (χ1n) is 6.02. The molecule has 1 atom stereocenters. The van der Waals surface area contributed by atoms with Gasteiger partial charge in [0.05, 0.1) is 11.1 Å². The molecule has 2 amide bonds. The molecular weight excluding hydrogens is 392 g/mol. The highest BCUT2D eigenvalue weighted by molar-refractivity contribution is 9.11. The lowest BCUT2D eigenvalue weighted by Crippen LogP contribution is -2.42. The lowest BCUT2D eigenvalue weighted by Gasteiger charge is -2.23. The van der Waals surface area contributed by atoms with Gasteiger partial charge in [-0.2, -0.15) is 0 Å². The highest BCUT2D eigenvalue weighted by Crippen LogP contribution is 2.26. The van der Waals surface area contributed by atoms with Crippen molar-refractivity contribution in [3.05, 3.63) is 27.1 Å². The molecule has 0 aliphatic carbocycles. The van der Waals surface area contributed by atoms with Crippen LogP contribution in [0.3, 0.4) is 0 Å². The van der Waals surface area contributed by atoms with Crippen LogP contribution in [-0.2, 0) is 4.79 Å². The summed E-state index contributed by atoms with van der Waals surface area (Å²) in [5.41, 5.74) is -0.354. The summed E-state index contributed by atoms with van der Waals surface area (Å²) in [6.07, 6.45) is 0.435. The summed E-state index contributed by atoms with van der Waals surface area (Å²) >= 11 is 6.66. The SMILES string of the molecule is CCC(C)(CNC(=O)Nc1ccc(Br)cc1Br)C(=O)O. The van der Waals surface area contributed by atoms with Crippen LogP contribution in [0, 0.1) is 5.41 Å². The van der Waals surface area contributed by atoms with E-state index in [1.54, 1.807) is 26.0 Å². The Bertz CT molecular complexity index is 522. The number of benzene rings is 1. The van der Waals surface area contributed by atoms with E-state index in [-0.39, 0.29) is 6.54 Å². The van der Waals surface area contributed by atoms with Gasteiger partial charge < -0.3 is 15.7 Å². The maximum absolute atomic E-state index is 11.8. The summed E-state index contributed by atoms with van der Waals surface area (Å²) in [6.45, 7) is 3.45. The second-order valence-corrected chi connectivity index (χ2v) is 6.42. The summed E-state index contributed by atoms with van der Waals surface area (Å²) < 4.78 is 1.62. The number of amides is 2. The first kappa shape index (κ1) is 17.0. The average Bonchev–Trinajstić information content (AvgIpc) is 2.39. The molecule has 1 aromatic carbocycles. The molecule has 0 aliphatic heterocycles. The van der Waals surface area contributed by atoms with Gasteiger partial charge in [0, 0.05) is 15.5 Å². The van der Waals surface area contributed by atoms with Gasteiger partial charge in [-0.1, -0.05) is 22.9 Å². The van der Waals surface area contributed by atoms with E-state index >= 15 is 0 Å². The molecule has 7 heteroatoms. The number of carboxylic acids is 1. The molecule has 0 saturated heterocycles. The van der Waals surface area contributed by atoms with Crippen molar-refractivity contribution in [2.24, 2.45) is 5.41 Å². The van der Waals surface area contributed by atoms with E-state index in [9.17, 15) is 9.59 Å². The van der Waals surface area contributed by atoms with Crippen molar-refractivity contribution >= 4 is 49.5 Å². The summed E-state index contributed by atoms with van der Waals surface area (Å²) in [5, 5.41) is 14.4. The van der Waals surface area contributed by atoms with Gasteiger partial charge in [0.15, 0.2) is 0 Å². The summed E-state index contributed by atoms with van der Waals surface area (Å²) in [6, 6.07) is 4.91. The number of carboxylic acid groups (broad SMARTS) is 1. The number of halogens is 2. The third kappa shape index (κ3) is 4.49. The maximum atomic E-state index is 11.8. The molecule has 1 unspecified atom stereocenters. The van der Waals surface area contributed by atoms with Gasteiger partial charge in [-0.15, -0.1) is 0 Å². The van der Waals surface area contributed by atoms with Crippen LogP contribution >= 0.6 is 31.9 Å². The standard InChI is InChI=1S/C13H16Br2N2O3/c1-3-13(2,11(18)19)7-16-12(20)17-10-5-4-8(14)6-9(10)15/h4-6H,3,7H2,1-2H3,(H,18,19)(H2,16,17,20). The lowest BCUT2D eigenvalue weighted by atomic mass is 9.88. The highest BCUT2D eigenvalue weighted by atomic mass is 79.9. The van der Waals surface area contributed by atoms with E-state index in [0.717, 1.165) is 8.95 Å². The number of carbonyl (C=O) groups is 2.